The third-order valence-corrected chi connectivity index (χ3v) is 3.83. The van der Waals surface area contributed by atoms with E-state index < -0.39 is 18.6 Å². The van der Waals surface area contributed by atoms with Crippen molar-refractivity contribution >= 4 is 12.4 Å². The monoisotopic (exact) mass is 338 g/mol. The number of hydrogen-bond acceptors (Lipinski definition) is 3. The standard InChI is InChI=1S/C15H21F3N2O.ClH/c1-11-3-4-12(9-14(11)21-2)13(10-15(16,17)18)20-7-5-19-6-8-20;/h3-4,9,13,19H,5-8,10H2,1-2H3;1H/t13-;/m1./s1. The van der Waals surface area contributed by atoms with Crippen LogP contribution in [0.5, 0.6) is 5.75 Å². The molecule has 22 heavy (non-hydrogen) atoms. The average molecular weight is 339 g/mol. The van der Waals surface area contributed by atoms with E-state index in [9.17, 15) is 13.2 Å². The lowest BCUT2D eigenvalue weighted by Gasteiger charge is -2.35. The number of hydrogen-bond donors (Lipinski definition) is 1. The summed E-state index contributed by atoms with van der Waals surface area (Å²) in [6.07, 6.45) is -5.02. The molecule has 1 saturated heterocycles. The first-order valence-corrected chi connectivity index (χ1v) is 7.07. The van der Waals surface area contributed by atoms with Crippen molar-refractivity contribution in [2.75, 3.05) is 33.3 Å². The van der Waals surface area contributed by atoms with Crippen LogP contribution in [0.3, 0.4) is 0 Å². The normalized spacial score (nSPS) is 17.7. The molecule has 1 fully saturated rings. The van der Waals surface area contributed by atoms with Crippen LogP contribution in [-0.2, 0) is 0 Å². The summed E-state index contributed by atoms with van der Waals surface area (Å²) >= 11 is 0. The molecule has 7 heteroatoms. The summed E-state index contributed by atoms with van der Waals surface area (Å²) in [5, 5.41) is 3.17. The maximum absolute atomic E-state index is 12.9. The number of piperazine rings is 1. The number of methoxy groups -OCH3 is 1. The second kappa shape index (κ2) is 8.04. The topological polar surface area (TPSA) is 24.5 Å². The van der Waals surface area contributed by atoms with Crippen molar-refractivity contribution in [3.8, 4) is 5.75 Å². The highest BCUT2D eigenvalue weighted by molar-refractivity contribution is 5.85. The van der Waals surface area contributed by atoms with Gasteiger partial charge in [0.2, 0.25) is 0 Å². The number of benzene rings is 1. The van der Waals surface area contributed by atoms with Crippen molar-refractivity contribution in [1.82, 2.24) is 10.2 Å². The van der Waals surface area contributed by atoms with Crippen LogP contribution in [0.15, 0.2) is 18.2 Å². The first kappa shape index (κ1) is 19.1. The van der Waals surface area contributed by atoms with Crippen molar-refractivity contribution in [2.45, 2.75) is 25.6 Å². The van der Waals surface area contributed by atoms with Crippen molar-refractivity contribution in [1.29, 1.82) is 0 Å². The van der Waals surface area contributed by atoms with Crippen molar-refractivity contribution in [3.63, 3.8) is 0 Å². The molecule has 1 aromatic carbocycles. The number of aryl methyl sites for hydroxylation is 1. The minimum atomic E-state index is -4.19. The second-order valence-electron chi connectivity index (χ2n) is 5.35. The zero-order valence-electron chi connectivity index (χ0n) is 12.7. The average Bonchev–Trinajstić information content (AvgIpc) is 2.45. The third kappa shape index (κ3) is 5.04. The van der Waals surface area contributed by atoms with E-state index in [1.165, 1.54) is 7.11 Å². The Balaban J connectivity index is 0.00000242. The van der Waals surface area contributed by atoms with Gasteiger partial charge in [-0.2, -0.15) is 13.2 Å². The molecule has 1 aliphatic heterocycles. The fourth-order valence-electron chi connectivity index (χ4n) is 2.71. The van der Waals surface area contributed by atoms with Crippen molar-refractivity contribution in [3.05, 3.63) is 29.3 Å². The highest BCUT2D eigenvalue weighted by Crippen LogP contribution is 2.35. The number of ether oxygens (including phenoxy) is 1. The molecule has 1 aromatic rings. The molecule has 2 rings (SSSR count). The molecule has 0 amide bonds. The van der Waals surface area contributed by atoms with Gasteiger partial charge in [0.25, 0.3) is 0 Å². The van der Waals surface area contributed by atoms with Gasteiger partial charge in [-0.1, -0.05) is 12.1 Å². The highest BCUT2D eigenvalue weighted by Gasteiger charge is 2.36. The summed E-state index contributed by atoms with van der Waals surface area (Å²) in [4.78, 5) is 1.90. The largest absolute Gasteiger partial charge is 0.496 e. The summed E-state index contributed by atoms with van der Waals surface area (Å²) in [5.41, 5.74) is 1.59. The number of rotatable bonds is 4. The number of nitrogens with one attached hydrogen (secondary N) is 1. The lowest BCUT2D eigenvalue weighted by Crippen LogP contribution is -2.46. The minimum absolute atomic E-state index is 0. The Bertz CT molecular complexity index is 476. The first-order valence-electron chi connectivity index (χ1n) is 7.07. The number of alkyl halides is 3. The Hall–Kier alpha value is -0.980. The van der Waals surface area contributed by atoms with Gasteiger partial charge in [-0.05, 0) is 24.1 Å². The van der Waals surface area contributed by atoms with E-state index in [1.807, 2.05) is 17.9 Å². The molecule has 0 unspecified atom stereocenters. The van der Waals surface area contributed by atoms with Gasteiger partial charge in [-0.15, -0.1) is 12.4 Å². The molecule has 0 aliphatic carbocycles. The van der Waals surface area contributed by atoms with Crippen LogP contribution in [0.2, 0.25) is 0 Å². The van der Waals surface area contributed by atoms with Gasteiger partial charge in [0.15, 0.2) is 0 Å². The summed E-state index contributed by atoms with van der Waals surface area (Å²) in [7, 11) is 1.54. The molecule has 126 valence electrons. The molecule has 1 aliphatic rings. The molecule has 1 atom stereocenters. The van der Waals surface area contributed by atoms with Gasteiger partial charge in [-0.3, -0.25) is 4.90 Å². The Labute approximate surface area is 135 Å². The van der Waals surface area contributed by atoms with Gasteiger partial charge >= 0.3 is 6.18 Å². The van der Waals surface area contributed by atoms with E-state index in [4.69, 9.17) is 4.74 Å². The first-order chi connectivity index (χ1) is 9.90. The summed E-state index contributed by atoms with van der Waals surface area (Å²) in [6.45, 7) is 4.56. The lowest BCUT2D eigenvalue weighted by molar-refractivity contribution is -0.148. The number of nitrogens with zero attached hydrogens (tertiary/aromatic N) is 1. The Morgan fingerprint density at radius 2 is 1.91 bits per heavy atom. The van der Waals surface area contributed by atoms with Crippen LogP contribution in [-0.4, -0.2) is 44.4 Å². The van der Waals surface area contributed by atoms with E-state index in [0.717, 1.165) is 18.7 Å². The maximum Gasteiger partial charge on any atom is 0.390 e. The molecule has 0 radical (unpaired) electrons. The molecule has 0 spiro atoms. The zero-order chi connectivity index (χ0) is 15.5. The van der Waals surface area contributed by atoms with Crippen LogP contribution in [0.4, 0.5) is 13.2 Å². The zero-order valence-corrected chi connectivity index (χ0v) is 13.6. The summed E-state index contributed by atoms with van der Waals surface area (Å²) in [5.74, 6) is 0.634. The molecule has 0 saturated carbocycles. The molecular formula is C15H22ClF3N2O. The van der Waals surface area contributed by atoms with Gasteiger partial charge in [0.1, 0.15) is 5.75 Å². The fourth-order valence-corrected chi connectivity index (χ4v) is 2.71. The van der Waals surface area contributed by atoms with Crippen molar-refractivity contribution < 1.29 is 17.9 Å². The Kier molecular flexibility index (Phi) is 6.97. The molecule has 0 aromatic heterocycles. The van der Waals surface area contributed by atoms with E-state index >= 15 is 0 Å². The maximum atomic E-state index is 12.9. The molecule has 0 bridgehead atoms. The molecular weight excluding hydrogens is 317 g/mol. The van der Waals surface area contributed by atoms with Gasteiger partial charge < -0.3 is 10.1 Å². The van der Waals surface area contributed by atoms with Crippen LogP contribution in [0.25, 0.3) is 0 Å². The van der Waals surface area contributed by atoms with Crippen LogP contribution in [0.1, 0.15) is 23.6 Å². The molecule has 3 nitrogen and oxygen atoms in total. The van der Waals surface area contributed by atoms with E-state index in [2.05, 4.69) is 5.32 Å². The van der Waals surface area contributed by atoms with E-state index in [0.29, 0.717) is 24.4 Å². The van der Waals surface area contributed by atoms with Gasteiger partial charge in [0, 0.05) is 32.2 Å². The Morgan fingerprint density at radius 1 is 1.27 bits per heavy atom. The minimum Gasteiger partial charge on any atom is -0.496 e. The predicted octanol–water partition coefficient (Wildman–Crippen LogP) is 3.32. The van der Waals surface area contributed by atoms with Crippen molar-refractivity contribution in [2.24, 2.45) is 0 Å². The highest BCUT2D eigenvalue weighted by atomic mass is 35.5. The lowest BCUT2D eigenvalue weighted by atomic mass is 9.99. The Morgan fingerprint density at radius 3 is 2.45 bits per heavy atom. The smallest absolute Gasteiger partial charge is 0.390 e. The van der Waals surface area contributed by atoms with Crippen LogP contribution < -0.4 is 10.1 Å². The van der Waals surface area contributed by atoms with Crippen LogP contribution >= 0.6 is 12.4 Å². The third-order valence-electron chi connectivity index (χ3n) is 3.83. The number of halogens is 4. The molecule has 1 N–H and O–H groups in total. The second-order valence-corrected chi connectivity index (χ2v) is 5.35. The predicted molar refractivity (Wildman–Crippen MR) is 82.8 cm³/mol. The van der Waals surface area contributed by atoms with E-state index in [1.54, 1.807) is 12.1 Å². The summed E-state index contributed by atoms with van der Waals surface area (Å²) < 4.78 is 44.0. The molecule has 1 heterocycles. The quantitative estimate of drug-likeness (QED) is 0.911. The van der Waals surface area contributed by atoms with Crippen LogP contribution in [0, 0.1) is 6.92 Å². The van der Waals surface area contributed by atoms with Gasteiger partial charge in [-0.25, -0.2) is 0 Å². The van der Waals surface area contributed by atoms with E-state index in [-0.39, 0.29) is 12.4 Å². The summed E-state index contributed by atoms with van der Waals surface area (Å²) in [6, 6.07) is 4.67. The SMILES string of the molecule is COc1cc([C@@H](CC(F)(F)F)N2CCNCC2)ccc1C.Cl. The fraction of sp³-hybridized carbons (Fsp3) is 0.600. The van der Waals surface area contributed by atoms with Gasteiger partial charge in [0.05, 0.1) is 13.5 Å².